The molecule has 0 rings (SSSR count). The molecule has 0 saturated carbocycles. The van der Waals surface area contributed by atoms with Crippen molar-refractivity contribution in [2.75, 3.05) is 26.2 Å². The molecule has 1 unspecified atom stereocenters. The van der Waals surface area contributed by atoms with Crippen LogP contribution in [0.4, 0.5) is 0 Å². The number of aliphatic hydroxyl groups is 1. The Balaban J connectivity index is 4.01. The van der Waals surface area contributed by atoms with Crippen molar-refractivity contribution in [1.29, 1.82) is 0 Å². The smallest absolute Gasteiger partial charge is 0.226 e. The fourth-order valence-corrected chi connectivity index (χ4v) is 0.957. The quantitative estimate of drug-likeness (QED) is 0.586. The van der Waals surface area contributed by atoms with Gasteiger partial charge in [0.05, 0.1) is 6.61 Å². The normalized spacial score (nSPS) is 12.7. The van der Waals surface area contributed by atoms with E-state index in [2.05, 4.69) is 0 Å². The van der Waals surface area contributed by atoms with Crippen molar-refractivity contribution in [2.24, 2.45) is 11.7 Å². The summed E-state index contributed by atoms with van der Waals surface area (Å²) < 4.78 is 0. The maximum Gasteiger partial charge on any atom is 0.226 e. The largest absolute Gasteiger partial charge is 0.395 e. The topological polar surface area (TPSA) is 66.6 Å². The second kappa shape index (κ2) is 5.97. The van der Waals surface area contributed by atoms with E-state index in [1.165, 1.54) is 0 Å². The Morgan fingerprint density at radius 3 is 2.58 bits per heavy atom. The third-order valence-corrected chi connectivity index (χ3v) is 1.84. The molecule has 72 valence electrons. The van der Waals surface area contributed by atoms with E-state index in [0.29, 0.717) is 19.6 Å². The van der Waals surface area contributed by atoms with Crippen LogP contribution in [-0.4, -0.2) is 42.2 Å². The molecule has 4 heteroatoms. The molecule has 0 aromatic carbocycles. The first kappa shape index (κ1) is 11.4. The number of carbonyl (C=O) groups excluding carboxylic acids is 1. The fourth-order valence-electron chi connectivity index (χ4n) is 0.957. The van der Waals surface area contributed by atoms with Crippen LogP contribution in [0.3, 0.4) is 0 Å². The Morgan fingerprint density at radius 1 is 1.67 bits per heavy atom. The number of likely N-dealkylation sites (N-methyl/N-ethyl adjacent to an activating group) is 1. The molecule has 0 radical (unpaired) electrons. The van der Waals surface area contributed by atoms with E-state index >= 15 is 0 Å². The lowest BCUT2D eigenvalue weighted by atomic mass is 10.1. The van der Waals surface area contributed by atoms with Crippen LogP contribution >= 0.6 is 0 Å². The Kier molecular flexibility index (Phi) is 5.66. The van der Waals surface area contributed by atoms with Gasteiger partial charge in [0.2, 0.25) is 5.91 Å². The second-order valence-electron chi connectivity index (χ2n) is 2.78. The highest BCUT2D eigenvalue weighted by Crippen LogP contribution is 1.99. The monoisotopic (exact) mass is 174 g/mol. The van der Waals surface area contributed by atoms with Crippen LogP contribution in [0.2, 0.25) is 0 Å². The maximum absolute atomic E-state index is 11.4. The van der Waals surface area contributed by atoms with E-state index in [4.69, 9.17) is 10.8 Å². The van der Waals surface area contributed by atoms with Gasteiger partial charge in [-0.2, -0.15) is 0 Å². The minimum absolute atomic E-state index is 0.0108. The summed E-state index contributed by atoms with van der Waals surface area (Å²) in [5, 5.41) is 8.65. The number of hydrogen-bond donors (Lipinski definition) is 2. The fraction of sp³-hybridized carbons (Fsp3) is 0.875. The van der Waals surface area contributed by atoms with Gasteiger partial charge in [-0.05, 0) is 6.92 Å². The summed E-state index contributed by atoms with van der Waals surface area (Å²) in [5.41, 5.74) is 5.35. The number of aliphatic hydroxyl groups excluding tert-OH is 1. The summed E-state index contributed by atoms with van der Waals surface area (Å²) in [6.07, 6.45) is 0. The number of amides is 1. The highest BCUT2D eigenvalue weighted by Gasteiger charge is 2.16. The van der Waals surface area contributed by atoms with Crippen molar-refractivity contribution in [1.82, 2.24) is 4.90 Å². The van der Waals surface area contributed by atoms with Crippen molar-refractivity contribution in [3.05, 3.63) is 0 Å². The van der Waals surface area contributed by atoms with Crippen LogP contribution in [0.25, 0.3) is 0 Å². The van der Waals surface area contributed by atoms with E-state index in [9.17, 15) is 4.79 Å². The molecule has 0 bridgehead atoms. The van der Waals surface area contributed by atoms with Crippen LogP contribution in [-0.2, 0) is 4.79 Å². The molecular formula is C8H18N2O2. The summed E-state index contributed by atoms with van der Waals surface area (Å²) in [7, 11) is 0. The number of nitrogens with two attached hydrogens (primary N) is 1. The zero-order chi connectivity index (χ0) is 9.56. The summed E-state index contributed by atoms with van der Waals surface area (Å²) >= 11 is 0. The molecule has 0 heterocycles. The van der Waals surface area contributed by atoms with Crippen molar-refractivity contribution in [2.45, 2.75) is 13.8 Å². The van der Waals surface area contributed by atoms with E-state index in [0.717, 1.165) is 0 Å². The molecule has 0 aromatic heterocycles. The van der Waals surface area contributed by atoms with Gasteiger partial charge in [0.25, 0.3) is 0 Å². The molecule has 1 amide bonds. The Hall–Kier alpha value is -0.610. The predicted molar refractivity (Wildman–Crippen MR) is 47.6 cm³/mol. The highest BCUT2D eigenvalue weighted by atomic mass is 16.3. The van der Waals surface area contributed by atoms with Gasteiger partial charge in [-0.15, -0.1) is 0 Å². The zero-order valence-corrected chi connectivity index (χ0v) is 7.79. The van der Waals surface area contributed by atoms with E-state index in [1.54, 1.807) is 11.8 Å². The van der Waals surface area contributed by atoms with Gasteiger partial charge in [0, 0.05) is 25.6 Å². The lowest BCUT2D eigenvalue weighted by Crippen LogP contribution is -2.39. The molecule has 0 aliphatic rings. The van der Waals surface area contributed by atoms with Gasteiger partial charge < -0.3 is 15.7 Å². The first-order valence-electron chi connectivity index (χ1n) is 4.27. The first-order chi connectivity index (χ1) is 5.67. The first-order valence-corrected chi connectivity index (χ1v) is 4.27. The summed E-state index contributed by atoms with van der Waals surface area (Å²) in [4.78, 5) is 13.0. The van der Waals surface area contributed by atoms with Crippen LogP contribution in [0.1, 0.15) is 13.8 Å². The average molecular weight is 174 g/mol. The molecule has 3 N–H and O–H groups in total. The number of hydrogen-bond acceptors (Lipinski definition) is 3. The van der Waals surface area contributed by atoms with Crippen molar-refractivity contribution < 1.29 is 9.90 Å². The van der Waals surface area contributed by atoms with Crippen molar-refractivity contribution in [3.8, 4) is 0 Å². The zero-order valence-electron chi connectivity index (χ0n) is 7.79. The third-order valence-electron chi connectivity index (χ3n) is 1.84. The summed E-state index contributed by atoms with van der Waals surface area (Å²) in [5.74, 6) is -0.120. The van der Waals surface area contributed by atoms with Gasteiger partial charge in [0.1, 0.15) is 0 Å². The van der Waals surface area contributed by atoms with Gasteiger partial charge in [-0.1, -0.05) is 6.92 Å². The van der Waals surface area contributed by atoms with Crippen LogP contribution in [0.5, 0.6) is 0 Å². The van der Waals surface area contributed by atoms with E-state index in [-0.39, 0.29) is 18.4 Å². The summed E-state index contributed by atoms with van der Waals surface area (Å²) in [6, 6.07) is 0. The van der Waals surface area contributed by atoms with Crippen molar-refractivity contribution >= 4 is 5.91 Å². The SMILES string of the molecule is CCN(CCO)C(=O)C(C)CN. The molecule has 1 atom stereocenters. The van der Waals surface area contributed by atoms with Crippen LogP contribution < -0.4 is 5.73 Å². The average Bonchev–Trinajstić information content (AvgIpc) is 2.11. The van der Waals surface area contributed by atoms with E-state index < -0.39 is 0 Å². The second-order valence-corrected chi connectivity index (χ2v) is 2.78. The molecular weight excluding hydrogens is 156 g/mol. The van der Waals surface area contributed by atoms with Gasteiger partial charge in [0.15, 0.2) is 0 Å². The molecule has 0 saturated heterocycles. The lowest BCUT2D eigenvalue weighted by Gasteiger charge is -2.22. The molecule has 0 spiro atoms. The molecule has 12 heavy (non-hydrogen) atoms. The van der Waals surface area contributed by atoms with Gasteiger partial charge in [-0.25, -0.2) is 0 Å². The van der Waals surface area contributed by atoms with Crippen LogP contribution in [0, 0.1) is 5.92 Å². The molecule has 0 aliphatic heterocycles. The highest BCUT2D eigenvalue weighted by molar-refractivity contribution is 5.78. The number of rotatable bonds is 5. The lowest BCUT2D eigenvalue weighted by molar-refractivity contribution is -0.134. The molecule has 0 aromatic rings. The number of nitrogens with zero attached hydrogens (tertiary/aromatic N) is 1. The Morgan fingerprint density at radius 2 is 2.25 bits per heavy atom. The van der Waals surface area contributed by atoms with Gasteiger partial charge in [-0.3, -0.25) is 4.79 Å². The van der Waals surface area contributed by atoms with E-state index in [1.807, 2.05) is 6.92 Å². The molecule has 0 aliphatic carbocycles. The maximum atomic E-state index is 11.4. The minimum atomic E-state index is -0.142. The Bertz CT molecular complexity index is 139. The Labute approximate surface area is 73.3 Å². The predicted octanol–water partition coefficient (Wildman–Crippen LogP) is -0.578. The van der Waals surface area contributed by atoms with Gasteiger partial charge >= 0.3 is 0 Å². The summed E-state index contributed by atoms with van der Waals surface area (Å²) in [6.45, 7) is 5.08. The standard InChI is InChI=1S/C8H18N2O2/c1-3-10(4-5-11)8(12)7(2)6-9/h7,11H,3-6,9H2,1-2H3. The third kappa shape index (κ3) is 3.19. The van der Waals surface area contributed by atoms with Crippen molar-refractivity contribution in [3.63, 3.8) is 0 Å². The molecule has 0 fully saturated rings. The van der Waals surface area contributed by atoms with Crippen LogP contribution in [0.15, 0.2) is 0 Å². The number of carbonyl (C=O) groups is 1. The molecule has 4 nitrogen and oxygen atoms in total. The minimum Gasteiger partial charge on any atom is -0.395 e.